The van der Waals surface area contributed by atoms with E-state index in [9.17, 15) is 0 Å². The summed E-state index contributed by atoms with van der Waals surface area (Å²) in [4.78, 5) is 0. The van der Waals surface area contributed by atoms with Crippen LogP contribution < -0.4 is 0 Å². The van der Waals surface area contributed by atoms with E-state index in [2.05, 4.69) is 0 Å². The molecule has 2 heteroatoms. The predicted molar refractivity (Wildman–Crippen MR) is 36.7 cm³/mol. The highest BCUT2D eigenvalue weighted by Crippen LogP contribution is 2.19. The number of ether oxygens (including phenoxy) is 1. The van der Waals surface area contributed by atoms with Gasteiger partial charge in [0.25, 0.3) is 0 Å². The van der Waals surface area contributed by atoms with E-state index in [4.69, 9.17) is 10.1 Å². The number of rotatable bonds is 2. The van der Waals surface area contributed by atoms with E-state index in [1.165, 1.54) is 19.3 Å². The van der Waals surface area contributed by atoms with E-state index >= 15 is 0 Å². The third kappa shape index (κ3) is 2.04. The van der Waals surface area contributed by atoms with Crippen molar-refractivity contribution < 1.29 is 4.74 Å². The highest BCUT2D eigenvalue weighted by Gasteiger charge is 2.12. The smallest absolute Gasteiger partial charge is 0.167 e. The molecule has 1 aliphatic carbocycles. The molecule has 0 aromatic heterocycles. The molecule has 0 spiro atoms. The number of hydrogen-bond donors (Lipinski definition) is 1. The minimum Gasteiger partial charge on any atom is -0.481 e. The van der Waals surface area contributed by atoms with Gasteiger partial charge in [0.2, 0.25) is 0 Å². The summed E-state index contributed by atoms with van der Waals surface area (Å²) in [5.74, 6) is 0. The molecular formula is C7H13NO. The standard InChI is InChI=1S/C7H13NO/c8-6-9-7-4-2-1-3-5-7/h6-8H,1-5H2. The lowest BCUT2D eigenvalue weighted by molar-refractivity contribution is 0.150. The van der Waals surface area contributed by atoms with Crippen molar-refractivity contribution in [3.05, 3.63) is 0 Å². The fraction of sp³-hybridized carbons (Fsp3) is 0.857. The highest BCUT2D eigenvalue weighted by molar-refractivity contribution is 5.41. The minimum absolute atomic E-state index is 0.358. The van der Waals surface area contributed by atoms with E-state index in [1.807, 2.05) is 0 Å². The van der Waals surface area contributed by atoms with Crippen LogP contribution in [0.3, 0.4) is 0 Å². The molecule has 1 aliphatic rings. The van der Waals surface area contributed by atoms with Crippen LogP contribution in [-0.4, -0.2) is 12.5 Å². The summed E-state index contributed by atoms with van der Waals surface area (Å²) in [6.45, 7) is 0. The van der Waals surface area contributed by atoms with Crippen LogP contribution in [0.15, 0.2) is 0 Å². The average Bonchev–Trinajstić information content (AvgIpc) is 1.91. The summed E-state index contributed by atoms with van der Waals surface area (Å²) in [6, 6.07) is 0. The highest BCUT2D eigenvalue weighted by atomic mass is 16.5. The van der Waals surface area contributed by atoms with Gasteiger partial charge in [-0.2, -0.15) is 0 Å². The van der Waals surface area contributed by atoms with E-state index in [-0.39, 0.29) is 0 Å². The average molecular weight is 127 g/mol. The zero-order valence-electron chi connectivity index (χ0n) is 5.60. The fourth-order valence-electron chi connectivity index (χ4n) is 1.30. The normalized spacial score (nSPS) is 21.3. The summed E-state index contributed by atoms with van der Waals surface area (Å²) in [6.07, 6.45) is 7.62. The maximum absolute atomic E-state index is 6.69. The van der Waals surface area contributed by atoms with Gasteiger partial charge >= 0.3 is 0 Å². The van der Waals surface area contributed by atoms with Gasteiger partial charge in [-0.05, 0) is 25.7 Å². The largest absolute Gasteiger partial charge is 0.481 e. The minimum atomic E-state index is 0.358. The first-order chi connectivity index (χ1) is 4.43. The molecule has 1 N–H and O–H groups in total. The molecule has 0 atom stereocenters. The van der Waals surface area contributed by atoms with E-state index in [0.717, 1.165) is 19.2 Å². The van der Waals surface area contributed by atoms with Crippen LogP contribution in [0.4, 0.5) is 0 Å². The maximum Gasteiger partial charge on any atom is 0.167 e. The van der Waals surface area contributed by atoms with E-state index in [0.29, 0.717) is 6.10 Å². The van der Waals surface area contributed by atoms with Crippen LogP contribution in [-0.2, 0) is 4.74 Å². The van der Waals surface area contributed by atoms with Crippen molar-refractivity contribution in [3.8, 4) is 0 Å². The molecule has 0 aromatic carbocycles. The molecular weight excluding hydrogens is 114 g/mol. The lowest BCUT2D eigenvalue weighted by Crippen LogP contribution is -2.15. The maximum atomic E-state index is 6.69. The van der Waals surface area contributed by atoms with Crippen LogP contribution >= 0.6 is 0 Å². The van der Waals surface area contributed by atoms with Gasteiger partial charge in [0.05, 0.1) is 6.10 Å². The van der Waals surface area contributed by atoms with Crippen LogP contribution in [0.1, 0.15) is 32.1 Å². The second-order valence-electron chi connectivity index (χ2n) is 2.51. The van der Waals surface area contributed by atoms with E-state index in [1.54, 1.807) is 0 Å². The Labute approximate surface area is 55.7 Å². The molecule has 2 nitrogen and oxygen atoms in total. The Morgan fingerprint density at radius 3 is 2.44 bits per heavy atom. The van der Waals surface area contributed by atoms with Crippen LogP contribution in [0, 0.1) is 5.41 Å². The monoisotopic (exact) mass is 127 g/mol. The van der Waals surface area contributed by atoms with Crippen LogP contribution in [0.2, 0.25) is 0 Å². The number of nitrogens with one attached hydrogen (secondary N) is 1. The molecule has 1 fully saturated rings. The Hall–Kier alpha value is -0.530. The van der Waals surface area contributed by atoms with Crippen molar-refractivity contribution in [3.63, 3.8) is 0 Å². The van der Waals surface area contributed by atoms with Gasteiger partial charge in [0.1, 0.15) is 0 Å². The third-order valence-corrected chi connectivity index (χ3v) is 1.81. The molecule has 0 aliphatic heterocycles. The molecule has 9 heavy (non-hydrogen) atoms. The van der Waals surface area contributed by atoms with Crippen molar-refractivity contribution >= 4 is 6.40 Å². The van der Waals surface area contributed by atoms with Crippen LogP contribution in [0.25, 0.3) is 0 Å². The van der Waals surface area contributed by atoms with Gasteiger partial charge in [-0.15, -0.1) is 0 Å². The quantitative estimate of drug-likeness (QED) is 0.446. The molecule has 0 saturated heterocycles. The van der Waals surface area contributed by atoms with Gasteiger partial charge in [-0.1, -0.05) is 6.42 Å². The molecule has 1 rings (SSSR count). The Balaban J connectivity index is 2.15. The Bertz CT molecular complexity index is 86.9. The summed E-state index contributed by atoms with van der Waals surface area (Å²) in [5.41, 5.74) is 0. The summed E-state index contributed by atoms with van der Waals surface area (Å²) < 4.78 is 5.02. The zero-order valence-corrected chi connectivity index (χ0v) is 5.60. The second kappa shape index (κ2) is 3.49. The summed E-state index contributed by atoms with van der Waals surface area (Å²) in [5, 5.41) is 6.69. The Morgan fingerprint density at radius 1 is 1.22 bits per heavy atom. The molecule has 0 unspecified atom stereocenters. The van der Waals surface area contributed by atoms with Crippen molar-refractivity contribution in [2.24, 2.45) is 0 Å². The molecule has 0 heterocycles. The van der Waals surface area contributed by atoms with Crippen LogP contribution in [0.5, 0.6) is 0 Å². The van der Waals surface area contributed by atoms with E-state index < -0.39 is 0 Å². The Morgan fingerprint density at radius 2 is 1.89 bits per heavy atom. The summed E-state index contributed by atoms with van der Waals surface area (Å²) in [7, 11) is 0. The van der Waals surface area contributed by atoms with Gasteiger partial charge < -0.3 is 4.74 Å². The second-order valence-corrected chi connectivity index (χ2v) is 2.51. The summed E-state index contributed by atoms with van der Waals surface area (Å²) >= 11 is 0. The predicted octanol–water partition coefficient (Wildman–Crippen LogP) is 1.94. The van der Waals surface area contributed by atoms with Crippen molar-refractivity contribution in [1.82, 2.24) is 0 Å². The molecule has 0 amide bonds. The van der Waals surface area contributed by atoms with Gasteiger partial charge in [-0.25, -0.2) is 0 Å². The molecule has 52 valence electrons. The van der Waals surface area contributed by atoms with Crippen molar-refractivity contribution in [2.75, 3.05) is 0 Å². The zero-order chi connectivity index (χ0) is 6.53. The molecule has 0 bridgehead atoms. The lowest BCUT2D eigenvalue weighted by atomic mass is 9.98. The lowest BCUT2D eigenvalue weighted by Gasteiger charge is -2.19. The first kappa shape index (κ1) is 6.59. The number of hydrogen-bond acceptors (Lipinski definition) is 2. The topological polar surface area (TPSA) is 33.1 Å². The third-order valence-electron chi connectivity index (χ3n) is 1.81. The molecule has 0 radical (unpaired) electrons. The Kier molecular flexibility index (Phi) is 2.55. The SMILES string of the molecule is N=COC1CCCCC1. The fourth-order valence-corrected chi connectivity index (χ4v) is 1.30. The first-order valence-corrected chi connectivity index (χ1v) is 3.58. The van der Waals surface area contributed by atoms with Crippen molar-refractivity contribution in [1.29, 1.82) is 5.41 Å². The first-order valence-electron chi connectivity index (χ1n) is 3.58. The molecule has 1 saturated carbocycles. The van der Waals surface area contributed by atoms with Gasteiger partial charge in [0, 0.05) is 0 Å². The molecule has 0 aromatic rings. The van der Waals surface area contributed by atoms with Gasteiger partial charge in [-0.3, -0.25) is 5.41 Å². The van der Waals surface area contributed by atoms with Crippen molar-refractivity contribution in [2.45, 2.75) is 38.2 Å². The van der Waals surface area contributed by atoms with Gasteiger partial charge in [0.15, 0.2) is 6.40 Å².